The Morgan fingerprint density at radius 3 is 2.63 bits per heavy atom. The van der Waals surface area contributed by atoms with Gasteiger partial charge in [-0.15, -0.1) is 0 Å². The van der Waals surface area contributed by atoms with Crippen molar-refractivity contribution in [2.75, 3.05) is 19.4 Å². The van der Waals surface area contributed by atoms with Crippen LogP contribution in [0.1, 0.15) is 32.1 Å². The standard InChI is InChI=1S/C23H35O6P/c1-30(27,28)16-8-3-2-7-11-20-21(23(26)17-22(20)25)13-12-18(24)14-15-29-19-9-5-4-6-10-19/h2,4-7,9-10,12-13,18,20-26H,3,8,11,14-17H2,1H3,(H,27,28)/b7-2-,13-12+. The molecule has 6 unspecified atom stereocenters. The Morgan fingerprint density at radius 2 is 1.93 bits per heavy atom. The van der Waals surface area contributed by atoms with Crippen LogP contribution in [-0.4, -0.2) is 58.0 Å². The zero-order chi connectivity index (χ0) is 22.0. The number of unbranched alkanes of at least 4 members (excludes halogenated alkanes) is 1. The van der Waals surface area contributed by atoms with Crippen molar-refractivity contribution in [3.05, 3.63) is 54.6 Å². The summed E-state index contributed by atoms with van der Waals surface area (Å²) in [6, 6.07) is 9.42. The number of aliphatic hydroxyl groups is 3. The van der Waals surface area contributed by atoms with E-state index in [1.165, 1.54) is 6.66 Å². The van der Waals surface area contributed by atoms with Crippen LogP contribution in [0.25, 0.3) is 0 Å². The van der Waals surface area contributed by atoms with Crippen molar-refractivity contribution in [1.82, 2.24) is 0 Å². The molecule has 0 spiro atoms. The third-order valence-corrected chi connectivity index (χ3v) is 6.56. The van der Waals surface area contributed by atoms with Gasteiger partial charge in [-0.1, -0.05) is 42.5 Å². The molecule has 6 nitrogen and oxygen atoms in total. The highest BCUT2D eigenvalue weighted by molar-refractivity contribution is 7.57. The first kappa shape index (κ1) is 24.8. The van der Waals surface area contributed by atoms with Crippen molar-refractivity contribution in [2.45, 2.75) is 50.4 Å². The first-order valence-electron chi connectivity index (χ1n) is 10.6. The summed E-state index contributed by atoms with van der Waals surface area (Å²) in [7, 11) is -2.96. The zero-order valence-electron chi connectivity index (χ0n) is 17.6. The summed E-state index contributed by atoms with van der Waals surface area (Å²) in [6.45, 7) is 1.75. The Balaban J connectivity index is 1.77. The largest absolute Gasteiger partial charge is 0.493 e. The highest BCUT2D eigenvalue weighted by Crippen LogP contribution is 2.37. The average molecular weight is 439 g/mol. The maximum Gasteiger partial charge on any atom is 0.197 e. The molecule has 4 N–H and O–H groups in total. The van der Waals surface area contributed by atoms with Gasteiger partial charge in [0.2, 0.25) is 0 Å². The van der Waals surface area contributed by atoms with E-state index in [9.17, 15) is 24.8 Å². The van der Waals surface area contributed by atoms with Crippen LogP contribution in [0.5, 0.6) is 5.75 Å². The van der Waals surface area contributed by atoms with Crippen LogP contribution >= 0.6 is 7.37 Å². The van der Waals surface area contributed by atoms with Crippen LogP contribution in [0, 0.1) is 11.8 Å². The fraction of sp³-hybridized carbons (Fsp3) is 0.565. The van der Waals surface area contributed by atoms with Gasteiger partial charge in [0.25, 0.3) is 0 Å². The average Bonchev–Trinajstić information content (AvgIpc) is 2.95. The second kappa shape index (κ2) is 12.4. The number of allylic oxidation sites excluding steroid dienone is 2. The number of hydrogen-bond donors (Lipinski definition) is 4. The molecular formula is C23H35O6P. The number of hydrogen-bond acceptors (Lipinski definition) is 5. The normalized spacial score (nSPS) is 27.5. The Kier molecular flexibility index (Phi) is 10.3. The molecule has 1 aliphatic rings. The molecule has 0 heterocycles. The number of rotatable bonds is 12. The van der Waals surface area contributed by atoms with Crippen LogP contribution in [0.4, 0.5) is 0 Å². The van der Waals surface area contributed by atoms with E-state index in [-0.39, 0.29) is 11.8 Å². The van der Waals surface area contributed by atoms with Crippen molar-refractivity contribution in [1.29, 1.82) is 0 Å². The van der Waals surface area contributed by atoms with E-state index in [1.807, 2.05) is 48.6 Å². The van der Waals surface area contributed by atoms with Crippen LogP contribution in [0.3, 0.4) is 0 Å². The van der Waals surface area contributed by atoms with Crippen LogP contribution in [-0.2, 0) is 4.57 Å². The SMILES string of the molecule is CP(=O)(O)CCC/C=C\CC1C(O)CC(O)C1/C=C/C(O)CCOc1ccccc1. The smallest absolute Gasteiger partial charge is 0.197 e. The van der Waals surface area contributed by atoms with Gasteiger partial charge in [0.15, 0.2) is 7.37 Å². The van der Waals surface area contributed by atoms with E-state index in [2.05, 4.69) is 0 Å². The van der Waals surface area contributed by atoms with E-state index in [4.69, 9.17) is 4.74 Å². The summed E-state index contributed by atoms with van der Waals surface area (Å²) in [5, 5.41) is 30.8. The molecule has 1 saturated carbocycles. The van der Waals surface area contributed by atoms with Gasteiger partial charge in [-0.2, -0.15) is 0 Å². The first-order valence-corrected chi connectivity index (χ1v) is 12.9. The molecule has 0 saturated heterocycles. The van der Waals surface area contributed by atoms with Gasteiger partial charge in [0.1, 0.15) is 5.75 Å². The summed E-state index contributed by atoms with van der Waals surface area (Å²) in [6.07, 6.45) is 8.55. The van der Waals surface area contributed by atoms with Crippen LogP contribution in [0.15, 0.2) is 54.6 Å². The van der Waals surface area contributed by atoms with Gasteiger partial charge in [-0.05, 0) is 37.3 Å². The molecule has 0 aliphatic heterocycles. The van der Waals surface area contributed by atoms with Crippen LogP contribution in [0.2, 0.25) is 0 Å². The molecular weight excluding hydrogens is 403 g/mol. The number of aliphatic hydroxyl groups excluding tert-OH is 3. The lowest BCUT2D eigenvalue weighted by atomic mass is 9.89. The Bertz CT molecular complexity index is 714. The first-order chi connectivity index (χ1) is 14.3. The molecule has 0 amide bonds. The summed E-state index contributed by atoms with van der Waals surface area (Å²) >= 11 is 0. The zero-order valence-corrected chi connectivity index (χ0v) is 18.5. The lowest BCUT2D eigenvalue weighted by molar-refractivity contribution is 0.120. The minimum Gasteiger partial charge on any atom is -0.493 e. The maximum absolute atomic E-state index is 11.3. The predicted molar refractivity (Wildman–Crippen MR) is 119 cm³/mol. The van der Waals surface area contributed by atoms with Crippen molar-refractivity contribution >= 4 is 7.37 Å². The molecule has 0 aromatic heterocycles. The van der Waals surface area contributed by atoms with Gasteiger partial charge in [0.05, 0.1) is 24.9 Å². The minimum absolute atomic E-state index is 0.115. The second-order valence-corrected chi connectivity index (χ2v) is 10.7. The number of para-hydroxylation sites is 1. The van der Waals surface area contributed by atoms with Crippen molar-refractivity contribution < 1.29 is 29.5 Å². The lowest BCUT2D eigenvalue weighted by Crippen LogP contribution is -2.20. The number of benzene rings is 1. The molecule has 0 radical (unpaired) electrons. The van der Waals surface area contributed by atoms with E-state index in [0.29, 0.717) is 44.9 Å². The topological polar surface area (TPSA) is 107 Å². The highest BCUT2D eigenvalue weighted by atomic mass is 31.2. The van der Waals surface area contributed by atoms with E-state index >= 15 is 0 Å². The maximum atomic E-state index is 11.3. The highest BCUT2D eigenvalue weighted by Gasteiger charge is 2.39. The number of ether oxygens (including phenoxy) is 1. The molecule has 0 bridgehead atoms. The molecule has 7 heteroatoms. The third-order valence-electron chi connectivity index (χ3n) is 5.42. The van der Waals surface area contributed by atoms with Gasteiger partial charge >= 0.3 is 0 Å². The minimum atomic E-state index is -2.96. The monoisotopic (exact) mass is 438 g/mol. The van der Waals surface area contributed by atoms with Crippen molar-refractivity contribution in [3.8, 4) is 5.75 Å². The summed E-state index contributed by atoms with van der Waals surface area (Å²) in [5.74, 6) is 0.425. The van der Waals surface area contributed by atoms with E-state index in [1.54, 1.807) is 6.08 Å². The van der Waals surface area contributed by atoms with Crippen LogP contribution < -0.4 is 4.74 Å². The Hall–Kier alpha value is -1.43. The molecule has 168 valence electrons. The molecule has 30 heavy (non-hydrogen) atoms. The summed E-state index contributed by atoms with van der Waals surface area (Å²) in [4.78, 5) is 9.30. The fourth-order valence-corrected chi connectivity index (χ4v) is 4.52. The third kappa shape index (κ3) is 9.15. The molecule has 2 rings (SSSR count). The lowest BCUT2D eigenvalue weighted by Gasteiger charge is -2.19. The van der Waals surface area contributed by atoms with Crippen molar-refractivity contribution in [2.24, 2.45) is 11.8 Å². The molecule has 1 aliphatic carbocycles. The Labute approximate surface area is 179 Å². The molecule has 6 atom stereocenters. The van der Waals surface area contributed by atoms with Gasteiger partial charge < -0.3 is 24.9 Å². The Morgan fingerprint density at radius 1 is 1.20 bits per heavy atom. The quantitative estimate of drug-likeness (QED) is 0.227. The van der Waals surface area contributed by atoms with E-state index < -0.39 is 25.7 Å². The van der Waals surface area contributed by atoms with Gasteiger partial charge in [-0.3, -0.25) is 4.57 Å². The van der Waals surface area contributed by atoms with E-state index in [0.717, 1.165) is 5.75 Å². The molecule has 1 aromatic rings. The molecule has 1 aromatic carbocycles. The predicted octanol–water partition coefficient (Wildman–Crippen LogP) is 3.36. The van der Waals surface area contributed by atoms with Crippen molar-refractivity contribution in [3.63, 3.8) is 0 Å². The summed E-state index contributed by atoms with van der Waals surface area (Å²) < 4.78 is 16.9. The molecule has 1 fully saturated rings. The summed E-state index contributed by atoms with van der Waals surface area (Å²) in [5.41, 5.74) is 0. The van der Waals surface area contributed by atoms with Gasteiger partial charge in [0, 0.05) is 31.6 Å². The fourth-order valence-electron chi connectivity index (χ4n) is 3.75. The second-order valence-electron chi connectivity index (χ2n) is 8.14. The van der Waals surface area contributed by atoms with Gasteiger partial charge in [-0.25, -0.2) is 0 Å².